The molecule has 5 heteroatoms. The summed E-state index contributed by atoms with van der Waals surface area (Å²) in [6.07, 6.45) is 2.26. The van der Waals surface area contributed by atoms with E-state index in [9.17, 15) is 0 Å². The maximum atomic E-state index is 4.75. The van der Waals surface area contributed by atoms with Gasteiger partial charge in [-0.1, -0.05) is 13.8 Å². The molecule has 1 unspecified atom stereocenters. The van der Waals surface area contributed by atoms with Crippen LogP contribution in [0.3, 0.4) is 0 Å². The standard InChI is InChI=1S/C16H23N5/c1-9(2)15-11(4)18-21(12(15)5)14-7-13-8-20(6)19-16(13)17-10(14)3/h7,9,13H,8H2,1-6H3. The Kier molecular flexibility index (Phi) is 3.23. The van der Waals surface area contributed by atoms with Crippen LogP contribution in [0.4, 0.5) is 0 Å². The minimum atomic E-state index is 0.278. The van der Waals surface area contributed by atoms with Crippen LogP contribution in [0.15, 0.2) is 16.2 Å². The number of nitrogens with zero attached hydrogens (tertiary/aromatic N) is 5. The van der Waals surface area contributed by atoms with Crippen molar-refractivity contribution in [3.05, 3.63) is 23.0 Å². The maximum Gasteiger partial charge on any atom is 0.157 e. The van der Waals surface area contributed by atoms with Gasteiger partial charge in [0.1, 0.15) is 0 Å². The van der Waals surface area contributed by atoms with Gasteiger partial charge in [0.25, 0.3) is 0 Å². The van der Waals surface area contributed by atoms with Crippen LogP contribution in [0.5, 0.6) is 0 Å². The number of aliphatic imine (C=N–C) groups is 1. The molecule has 3 rings (SSSR count). The highest BCUT2D eigenvalue weighted by Gasteiger charge is 2.29. The summed E-state index contributed by atoms with van der Waals surface area (Å²) in [4.78, 5) is 4.67. The van der Waals surface area contributed by atoms with Gasteiger partial charge >= 0.3 is 0 Å². The third-order valence-electron chi connectivity index (χ3n) is 4.23. The van der Waals surface area contributed by atoms with Crippen molar-refractivity contribution in [3.63, 3.8) is 0 Å². The lowest BCUT2D eigenvalue weighted by Crippen LogP contribution is -2.22. The third-order valence-corrected chi connectivity index (χ3v) is 4.23. The first-order valence-corrected chi connectivity index (χ1v) is 7.52. The van der Waals surface area contributed by atoms with E-state index < -0.39 is 0 Å². The van der Waals surface area contributed by atoms with Gasteiger partial charge in [-0.3, -0.25) is 5.01 Å². The second-order valence-electron chi connectivity index (χ2n) is 6.31. The van der Waals surface area contributed by atoms with Crippen LogP contribution in [0.25, 0.3) is 5.70 Å². The quantitative estimate of drug-likeness (QED) is 0.838. The van der Waals surface area contributed by atoms with Crippen molar-refractivity contribution in [3.8, 4) is 0 Å². The van der Waals surface area contributed by atoms with E-state index in [0.717, 1.165) is 29.5 Å². The summed E-state index contributed by atoms with van der Waals surface area (Å²) in [5, 5.41) is 11.2. The van der Waals surface area contributed by atoms with Crippen molar-refractivity contribution < 1.29 is 0 Å². The molecule has 21 heavy (non-hydrogen) atoms. The van der Waals surface area contributed by atoms with Crippen LogP contribution in [-0.4, -0.2) is 39.9 Å². The average molecular weight is 285 g/mol. The first-order chi connectivity index (χ1) is 9.88. The van der Waals surface area contributed by atoms with Crippen LogP contribution < -0.4 is 0 Å². The molecule has 0 bridgehead atoms. The van der Waals surface area contributed by atoms with Gasteiger partial charge in [0, 0.05) is 19.3 Å². The fourth-order valence-electron chi connectivity index (χ4n) is 3.38. The fourth-order valence-corrected chi connectivity index (χ4v) is 3.38. The highest BCUT2D eigenvalue weighted by atomic mass is 15.5. The van der Waals surface area contributed by atoms with E-state index in [1.807, 2.05) is 19.0 Å². The number of fused-ring (bicyclic) bond motifs is 1. The van der Waals surface area contributed by atoms with Gasteiger partial charge in [-0.05, 0) is 38.3 Å². The summed E-state index contributed by atoms with van der Waals surface area (Å²) in [5.74, 6) is 1.68. The Labute approximate surface area is 126 Å². The lowest BCUT2D eigenvalue weighted by atomic mass is 10.0. The smallest absolute Gasteiger partial charge is 0.157 e. The van der Waals surface area contributed by atoms with Crippen LogP contribution in [-0.2, 0) is 0 Å². The Morgan fingerprint density at radius 2 is 1.95 bits per heavy atom. The number of hydrazone groups is 1. The zero-order valence-electron chi connectivity index (χ0n) is 13.7. The van der Waals surface area contributed by atoms with Gasteiger partial charge in [0.15, 0.2) is 5.84 Å². The van der Waals surface area contributed by atoms with Gasteiger partial charge in [0.2, 0.25) is 0 Å². The van der Waals surface area contributed by atoms with E-state index in [1.54, 1.807) is 0 Å². The van der Waals surface area contributed by atoms with Crippen molar-refractivity contribution in [2.75, 3.05) is 13.6 Å². The Bertz CT molecular complexity index is 675. The Morgan fingerprint density at radius 1 is 1.24 bits per heavy atom. The largest absolute Gasteiger partial charge is 0.297 e. The van der Waals surface area contributed by atoms with Gasteiger partial charge in [-0.2, -0.15) is 10.2 Å². The molecule has 0 N–H and O–H groups in total. The molecule has 0 amide bonds. The normalized spacial score (nSPS) is 21.4. The molecule has 5 nitrogen and oxygen atoms in total. The Hall–Kier alpha value is -1.91. The Morgan fingerprint density at radius 3 is 2.57 bits per heavy atom. The van der Waals surface area contributed by atoms with Crippen molar-refractivity contribution in [2.24, 2.45) is 16.0 Å². The minimum absolute atomic E-state index is 0.278. The topological polar surface area (TPSA) is 45.8 Å². The molecule has 0 radical (unpaired) electrons. The SMILES string of the molecule is CC1=NC2=NN(C)CC2C=C1n1nc(C)c(C(C)C)c1C. The first kappa shape index (κ1) is 14.0. The number of allylic oxidation sites excluding steroid dienone is 1. The molecule has 1 aromatic heterocycles. The molecule has 0 aromatic carbocycles. The van der Waals surface area contributed by atoms with Crippen molar-refractivity contribution in [1.29, 1.82) is 0 Å². The molecule has 112 valence electrons. The molecular weight excluding hydrogens is 262 g/mol. The summed E-state index contributed by atoms with van der Waals surface area (Å²) >= 11 is 0. The summed E-state index contributed by atoms with van der Waals surface area (Å²) in [7, 11) is 1.99. The zero-order chi connectivity index (χ0) is 15.3. The molecule has 0 saturated heterocycles. The fraction of sp³-hybridized carbons (Fsp3) is 0.562. The van der Waals surface area contributed by atoms with Crippen molar-refractivity contribution >= 4 is 17.2 Å². The Balaban J connectivity index is 2.06. The predicted octanol–water partition coefficient (Wildman–Crippen LogP) is 2.81. The van der Waals surface area contributed by atoms with Gasteiger partial charge in [-0.15, -0.1) is 0 Å². The maximum absolute atomic E-state index is 4.75. The molecule has 1 atom stereocenters. The van der Waals surface area contributed by atoms with Gasteiger partial charge in [-0.25, -0.2) is 9.67 Å². The number of rotatable bonds is 2. The zero-order valence-corrected chi connectivity index (χ0v) is 13.7. The molecule has 0 aliphatic carbocycles. The first-order valence-electron chi connectivity index (χ1n) is 7.52. The van der Waals surface area contributed by atoms with Crippen LogP contribution >= 0.6 is 0 Å². The van der Waals surface area contributed by atoms with Crippen LogP contribution in [0.2, 0.25) is 0 Å². The predicted molar refractivity (Wildman–Crippen MR) is 86.7 cm³/mol. The minimum Gasteiger partial charge on any atom is -0.297 e. The number of aromatic nitrogens is 2. The lowest BCUT2D eigenvalue weighted by Gasteiger charge is -2.18. The van der Waals surface area contributed by atoms with Crippen LogP contribution in [0, 0.1) is 19.8 Å². The van der Waals surface area contributed by atoms with E-state index in [0.29, 0.717) is 5.92 Å². The van der Waals surface area contributed by atoms with Crippen molar-refractivity contribution in [1.82, 2.24) is 14.8 Å². The summed E-state index contributed by atoms with van der Waals surface area (Å²) < 4.78 is 2.05. The third kappa shape index (κ3) is 2.20. The van der Waals surface area contributed by atoms with E-state index in [-0.39, 0.29) is 5.92 Å². The lowest BCUT2D eigenvalue weighted by molar-refractivity contribution is 0.376. The molecule has 0 fully saturated rings. The summed E-state index contributed by atoms with van der Waals surface area (Å²) in [6.45, 7) is 11.6. The number of amidine groups is 1. The number of aryl methyl sites for hydroxylation is 1. The summed E-state index contributed by atoms with van der Waals surface area (Å²) in [6, 6.07) is 0. The van der Waals surface area contributed by atoms with Gasteiger partial charge in [0.05, 0.1) is 23.0 Å². The second-order valence-corrected chi connectivity index (χ2v) is 6.31. The molecule has 3 heterocycles. The molecule has 2 aliphatic heterocycles. The second kappa shape index (κ2) is 4.83. The number of hydrogen-bond donors (Lipinski definition) is 0. The highest BCUT2D eigenvalue weighted by molar-refractivity contribution is 6.23. The van der Waals surface area contributed by atoms with E-state index in [1.165, 1.54) is 11.3 Å². The monoisotopic (exact) mass is 285 g/mol. The molecular formula is C16H23N5. The number of hydrogen-bond acceptors (Lipinski definition) is 4. The average Bonchev–Trinajstić information content (AvgIpc) is 2.87. The highest BCUT2D eigenvalue weighted by Crippen LogP contribution is 2.29. The molecule has 1 aromatic rings. The molecule has 0 saturated carbocycles. The number of dihydropyridines is 1. The van der Waals surface area contributed by atoms with Crippen LogP contribution in [0.1, 0.15) is 43.6 Å². The molecule has 2 aliphatic rings. The van der Waals surface area contributed by atoms with Gasteiger partial charge < -0.3 is 0 Å². The van der Waals surface area contributed by atoms with E-state index in [4.69, 9.17) is 5.10 Å². The summed E-state index contributed by atoms with van der Waals surface area (Å²) in [5.41, 5.74) is 5.75. The molecule has 0 spiro atoms. The van der Waals surface area contributed by atoms with E-state index in [2.05, 4.69) is 48.5 Å². The van der Waals surface area contributed by atoms with Crippen molar-refractivity contribution in [2.45, 2.75) is 40.5 Å². The van der Waals surface area contributed by atoms with E-state index >= 15 is 0 Å².